The fourth-order valence-corrected chi connectivity index (χ4v) is 2.87. The number of nitrogens with zero attached hydrogens (tertiary/aromatic N) is 2. The van der Waals surface area contributed by atoms with Gasteiger partial charge < -0.3 is 15.4 Å². The molecule has 0 radical (unpaired) electrons. The maximum Gasteiger partial charge on any atom is 0.158 e. The monoisotopic (exact) mass is 326 g/mol. The van der Waals surface area contributed by atoms with Crippen LogP contribution in [0.25, 0.3) is 0 Å². The summed E-state index contributed by atoms with van der Waals surface area (Å²) >= 11 is 7.54. The Morgan fingerprint density at radius 2 is 2.10 bits per heavy atom. The van der Waals surface area contributed by atoms with Gasteiger partial charge in [0, 0.05) is 24.6 Å². The number of hydrogen-bond acceptors (Lipinski definition) is 6. The molecular formula is C14H19ClN4OS. The summed E-state index contributed by atoms with van der Waals surface area (Å²) < 4.78 is 6.16. The van der Waals surface area contributed by atoms with Crippen LogP contribution < -0.4 is 10.6 Å². The first-order valence-corrected chi connectivity index (χ1v) is 7.97. The molecule has 0 saturated heterocycles. The minimum Gasteiger partial charge on any atom is -0.374 e. The van der Waals surface area contributed by atoms with E-state index in [0.29, 0.717) is 19.0 Å². The van der Waals surface area contributed by atoms with Crippen LogP contribution in [0.5, 0.6) is 0 Å². The molecule has 0 bridgehead atoms. The van der Waals surface area contributed by atoms with Crippen LogP contribution >= 0.6 is 22.9 Å². The predicted octanol–water partition coefficient (Wildman–Crippen LogP) is 3.94. The van der Waals surface area contributed by atoms with Crippen LogP contribution in [0.2, 0.25) is 4.34 Å². The molecule has 0 saturated carbocycles. The number of halogens is 1. The van der Waals surface area contributed by atoms with Gasteiger partial charge in [-0.3, -0.25) is 0 Å². The molecule has 0 fully saturated rings. The lowest BCUT2D eigenvalue weighted by atomic mass is 10.3. The van der Waals surface area contributed by atoms with Gasteiger partial charge in [0.25, 0.3) is 0 Å². The van der Waals surface area contributed by atoms with Crippen LogP contribution in [0, 0.1) is 0 Å². The maximum absolute atomic E-state index is 5.98. The van der Waals surface area contributed by atoms with E-state index in [2.05, 4.69) is 27.5 Å². The summed E-state index contributed by atoms with van der Waals surface area (Å²) in [6.07, 6.45) is 0. The van der Waals surface area contributed by atoms with Gasteiger partial charge in [0.05, 0.1) is 10.4 Å². The predicted molar refractivity (Wildman–Crippen MR) is 88.3 cm³/mol. The molecule has 0 aliphatic heterocycles. The van der Waals surface area contributed by atoms with Gasteiger partial charge in [-0.15, -0.1) is 11.3 Å². The van der Waals surface area contributed by atoms with E-state index >= 15 is 0 Å². The van der Waals surface area contributed by atoms with Crippen molar-refractivity contribution < 1.29 is 4.74 Å². The standard InChI is InChI=1S/C14H19ClN4OS/c1-4-20-8-14-18-12(16-3)7-13(19-14)17-9(2)10-5-6-11(15)21-10/h5-7,9H,4,8H2,1-3H3,(H2,16,17,18,19). The van der Waals surface area contributed by atoms with Crippen molar-refractivity contribution >= 4 is 34.6 Å². The summed E-state index contributed by atoms with van der Waals surface area (Å²) in [5.74, 6) is 2.18. The van der Waals surface area contributed by atoms with Gasteiger partial charge in [-0.05, 0) is 26.0 Å². The highest BCUT2D eigenvalue weighted by Crippen LogP contribution is 2.28. The van der Waals surface area contributed by atoms with E-state index in [1.54, 1.807) is 11.3 Å². The Morgan fingerprint density at radius 3 is 2.71 bits per heavy atom. The number of aromatic nitrogens is 2. The zero-order chi connectivity index (χ0) is 15.2. The molecule has 0 spiro atoms. The van der Waals surface area contributed by atoms with Crippen LogP contribution in [0.1, 0.15) is 30.6 Å². The molecular weight excluding hydrogens is 308 g/mol. The van der Waals surface area contributed by atoms with Gasteiger partial charge in [-0.25, -0.2) is 9.97 Å². The van der Waals surface area contributed by atoms with Crippen LogP contribution in [-0.2, 0) is 11.3 Å². The zero-order valence-corrected chi connectivity index (χ0v) is 13.9. The Morgan fingerprint density at radius 1 is 1.33 bits per heavy atom. The van der Waals surface area contributed by atoms with Crippen LogP contribution in [0.15, 0.2) is 18.2 Å². The van der Waals surface area contributed by atoms with Gasteiger partial charge in [0.15, 0.2) is 5.82 Å². The molecule has 0 aliphatic carbocycles. The number of nitrogens with one attached hydrogen (secondary N) is 2. The molecule has 2 heterocycles. The SMILES string of the molecule is CCOCc1nc(NC)cc(NC(C)c2ccc(Cl)s2)n1. The van der Waals surface area contributed by atoms with Crippen molar-refractivity contribution in [3.63, 3.8) is 0 Å². The molecule has 1 atom stereocenters. The average Bonchev–Trinajstić information content (AvgIpc) is 2.91. The molecule has 0 aliphatic rings. The lowest BCUT2D eigenvalue weighted by Crippen LogP contribution is -2.10. The van der Waals surface area contributed by atoms with E-state index in [-0.39, 0.29) is 6.04 Å². The molecule has 7 heteroatoms. The second-order valence-corrected chi connectivity index (χ2v) is 6.20. The van der Waals surface area contributed by atoms with Crippen molar-refractivity contribution in [2.75, 3.05) is 24.3 Å². The quantitative estimate of drug-likeness (QED) is 0.807. The first kappa shape index (κ1) is 16.0. The maximum atomic E-state index is 5.98. The number of anilines is 2. The zero-order valence-electron chi connectivity index (χ0n) is 12.3. The van der Waals surface area contributed by atoms with Gasteiger partial charge in [0.2, 0.25) is 0 Å². The summed E-state index contributed by atoms with van der Waals surface area (Å²) in [4.78, 5) is 10.0. The summed E-state index contributed by atoms with van der Waals surface area (Å²) in [6, 6.07) is 5.92. The summed E-state index contributed by atoms with van der Waals surface area (Å²) in [7, 11) is 1.83. The van der Waals surface area contributed by atoms with Crippen LogP contribution in [0.4, 0.5) is 11.6 Å². The highest BCUT2D eigenvalue weighted by Gasteiger charge is 2.11. The number of ether oxygens (including phenoxy) is 1. The minimum absolute atomic E-state index is 0.127. The summed E-state index contributed by atoms with van der Waals surface area (Å²) in [5.41, 5.74) is 0. The van der Waals surface area contributed by atoms with Crippen molar-refractivity contribution in [1.29, 1.82) is 0 Å². The first-order valence-electron chi connectivity index (χ1n) is 6.77. The molecule has 2 N–H and O–H groups in total. The molecule has 0 amide bonds. The molecule has 1 unspecified atom stereocenters. The molecule has 2 aromatic heterocycles. The summed E-state index contributed by atoms with van der Waals surface area (Å²) in [6.45, 7) is 5.06. The van der Waals surface area contributed by atoms with E-state index in [4.69, 9.17) is 16.3 Å². The Bertz CT molecular complexity index is 590. The molecule has 114 valence electrons. The number of hydrogen-bond donors (Lipinski definition) is 2. The Hall–Kier alpha value is -1.37. The number of thiophene rings is 1. The Kier molecular flexibility index (Phi) is 5.78. The van der Waals surface area contributed by atoms with Gasteiger partial charge in [-0.2, -0.15) is 0 Å². The fraction of sp³-hybridized carbons (Fsp3) is 0.429. The fourth-order valence-electron chi connectivity index (χ4n) is 1.81. The van der Waals surface area contributed by atoms with Crippen molar-refractivity contribution in [3.8, 4) is 0 Å². The third-order valence-corrected chi connectivity index (χ3v) is 4.26. The Balaban J connectivity index is 2.14. The lowest BCUT2D eigenvalue weighted by Gasteiger charge is -2.14. The third-order valence-electron chi connectivity index (χ3n) is 2.85. The van der Waals surface area contributed by atoms with Crippen molar-refractivity contribution in [2.24, 2.45) is 0 Å². The molecule has 21 heavy (non-hydrogen) atoms. The van der Waals surface area contributed by atoms with E-state index in [1.807, 2.05) is 32.2 Å². The largest absolute Gasteiger partial charge is 0.374 e. The van der Waals surface area contributed by atoms with E-state index in [9.17, 15) is 0 Å². The van der Waals surface area contributed by atoms with Crippen molar-refractivity contribution in [2.45, 2.75) is 26.5 Å². The smallest absolute Gasteiger partial charge is 0.158 e. The van der Waals surface area contributed by atoms with Crippen molar-refractivity contribution in [1.82, 2.24) is 9.97 Å². The van der Waals surface area contributed by atoms with Crippen LogP contribution in [0.3, 0.4) is 0 Å². The highest BCUT2D eigenvalue weighted by molar-refractivity contribution is 7.16. The van der Waals surface area contributed by atoms with E-state index < -0.39 is 0 Å². The first-order chi connectivity index (χ1) is 10.1. The highest BCUT2D eigenvalue weighted by atomic mass is 35.5. The molecule has 2 rings (SSSR count). The van der Waals surface area contributed by atoms with E-state index in [1.165, 1.54) is 0 Å². The van der Waals surface area contributed by atoms with Gasteiger partial charge in [-0.1, -0.05) is 11.6 Å². The minimum atomic E-state index is 0.127. The van der Waals surface area contributed by atoms with Crippen molar-refractivity contribution in [3.05, 3.63) is 33.2 Å². The lowest BCUT2D eigenvalue weighted by molar-refractivity contribution is 0.128. The Labute approximate surface area is 133 Å². The molecule has 2 aromatic rings. The molecule has 0 aromatic carbocycles. The summed E-state index contributed by atoms with van der Waals surface area (Å²) in [5, 5.41) is 6.40. The van der Waals surface area contributed by atoms with Crippen LogP contribution in [-0.4, -0.2) is 23.6 Å². The average molecular weight is 327 g/mol. The topological polar surface area (TPSA) is 59.1 Å². The van der Waals surface area contributed by atoms with Gasteiger partial charge in [0.1, 0.15) is 18.2 Å². The second kappa shape index (κ2) is 7.59. The number of rotatable bonds is 7. The third kappa shape index (κ3) is 4.56. The second-order valence-electron chi connectivity index (χ2n) is 4.45. The van der Waals surface area contributed by atoms with E-state index in [0.717, 1.165) is 20.8 Å². The normalized spacial score (nSPS) is 12.2. The molecule has 5 nitrogen and oxygen atoms in total. The van der Waals surface area contributed by atoms with Gasteiger partial charge >= 0.3 is 0 Å².